The number of carbonyl (C=O) groups excluding carboxylic acids is 1. The van der Waals surface area contributed by atoms with Gasteiger partial charge in [-0.05, 0) is 35.9 Å². The molecule has 0 bridgehead atoms. The Morgan fingerprint density at radius 3 is 2.67 bits per heavy atom. The second-order valence-corrected chi connectivity index (χ2v) is 4.45. The highest BCUT2D eigenvalue weighted by molar-refractivity contribution is 5.93. The summed E-state index contributed by atoms with van der Waals surface area (Å²) in [7, 11) is 0. The number of anilines is 2. The fourth-order valence-corrected chi connectivity index (χ4v) is 1.83. The maximum atomic E-state index is 11.8. The zero-order chi connectivity index (χ0) is 15.1. The summed E-state index contributed by atoms with van der Waals surface area (Å²) in [6.45, 7) is 0.0638. The number of nitrogens with zero attached hydrogens (tertiary/aromatic N) is 1. The van der Waals surface area contributed by atoms with E-state index in [1.54, 1.807) is 36.4 Å². The number of carbonyl (C=O) groups is 1. The molecule has 3 N–H and O–H groups in total. The van der Waals surface area contributed by atoms with Gasteiger partial charge in [-0.1, -0.05) is 18.2 Å². The molecule has 0 saturated heterocycles. The fraction of sp³-hybridized carbons (Fsp3) is 0.125. The standard InChI is InChI=1S/C16H15N3O2/c17-9-12-3-1-6-15(7-12)19-16(21)10-18-14-5-2-4-13(8-14)11-20/h1-8,18,20H,10-11H2,(H,19,21). The van der Waals surface area contributed by atoms with E-state index < -0.39 is 0 Å². The molecular formula is C16H15N3O2. The molecule has 0 spiro atoms. The Labute approximate surface area is 122 Å². The van der Waals surface area contributed by atoms with Gasteiger partial charge < -0.3 is 15.7 Å². The van der Waals surface area contributed by atoms with Crippen molar-refractivity contribution in [2.24, 2.45) is 0 Å². The zero-order valence-corrected chi connectivity index (χ0v) is 11.3. The maximum Gasteiger partial charge on any atom is 0.243 e. The monoisotopic (exact) mass is 281 g/mol. The van der Waals surface area contributed by atoms with Crippen LogP contribution < -0.4 is 10.6 Å². The summed E-state index contributed by atoms with van der Waals surface area (Å²) >= 11 is 0. The van der Waals surface area contributed by atoms with E-state index in [4.69, 9.17) is 10.4 Å². The maximum absolute atomic E-state index is 11.8. The molecule has 5 heteroatoms. The first-order valence-electron chi connectivity index (χ1n) is 6.45. The van der Waals surface area contributed by atoms with Crippen LogP contribution in [0, 0.1) is 11.3 Å². The molecular weight excluding hydrogens is 266 g/mol. The summed E-state index contributed by atoms with van der Waals surface area (Å²) in [5.74, 6) is -0.209. The van der Waals surface area contributed by atoms with E-state index in [0.29, 0.717) is 11.3 Å². The molecule has 21 heavy (non-hydrogen) atoms. The van der Waals surface area contributed by atoms with Crippen molar-refractivity contribution in [1.82, 2.24) is 0 Å². The quantitative estimate of drug-likeness (QED) is 0.783. The summed E-state index contributed by atoms with van der Waals surface area (Å²) in [5.41, 5.74) is 2.63. The van der Waals surface area contributed by atoms with Gasteiger partial charge in [-0.3, -0.25) is 4.79 Å². The third kappa shape index (κ3) is 4.34. The van der Waals surface area contributed by atoms with Crippen LogP contribution in [-0.2, 0) is 11.4 Å². The van der Waals surface area contributed by atoms with Crippen LogP contribution in [0.15, 0.2) is 48.5 Å². The van der Waals surface area contributed by atoms with E-state index in [2.05, 4.69) is 10.6 Å². The highest BCUT2D eigenvalue weighted by Crippen LogP contribution is 2.11. The van der Waals surface area contributed by atoms with Crippen LogP contribution >= 0.6 is 0 Å². The van der Waals surface area contributed by atoms with Gasteiger partial charge >= 0.3 is 0 Å². The van der Waals surface area contributed by atoms with Crippen molar-refractivity contribution in [2.45, 2.75) is 6.61 Å². The van der Waals surface area contributed by atoms with Crippen LogP contribution in [0.3, 0.4) is 0 Å². The smallest absolute Gasteiger partial charge is 0.243 e. The number of amides is 1. The first-order valence-corrected chi connectivity index (χ1v) is 6.45. The van der Waals surface area contributed by atoms with Crippen LogP contribution in [0.5, 0.6) is 0 Å². The summed E-state index contributed by atoms with van der Waals surface area (Å²) < 4.78 is 0. The van der Waals surface area contributed by atoms with Crippen molar-refractivity contribution in [2.75, 3.05) is 17.2 Å². The molecule has 0 fully saturated rings. The third-order valence-electron chi connectivity index (χ3n) is 2.84. The largest absolute Gasteiger partial charge is 0.392 e. The number of hydrogen-bond donors (Lipinski definition) is 3. The van der Waals surface area contributed by atoms with E-state index in [9.17, 15) is 4.79 Å². The predicted molar refractivity (Wildman–Crippen MR) is 80.6 cm³/mol. The molecule has 2 rings (SSSR count). The second-order valence-electron chi connectivity index (χ2n) is 4.45. The van der Waals surface area contributed by atoms with E-state index in [1.807, 2.05) is 18.2 Å². The summed E-state index contributed by atoms with van der Waals surface area (Å²) in [4.78, 5) is 11.8. The van der Waals surface area contributed by atoms with Gasteiger partial charge in [0.25, 0.3) is 0 Å². The van der Waals surface area contributed by atoms with E-state index >= 15 is 0 Å². The molecule has 0 aliphatic carbocycles. The third-order valence-corrected chi connectivity index (χ3v) is 2.84. The molecule has 0 saturated carbocycles. The average molecular weight is 281 g/mol. The Hall–Kier alpha value is -2.84. The van der Waals surface area contributed by atoms with Crippen LogP contribution in [-0.4, -0.2) is 17.6 Å². The fourth-order valence-electron chi connectivity index (χ4n) is 1.83. The predicted octanol–water partition coefficient (Wildman–Crippen LogP) is 2.10. The minimum Gasteiger partial charge on any atom is -0.392 e. The number of rotatable bonds is 5. The molecule has 0 heterocycles. The number of hydrogen-bond acceptors (Lipinski definition) is 4. The lowest BCUT2D eigenvalue weighted by molar-refractivity contribution is -0.114. The van der Waals surface area contributed by atoms with Crippen molar-refractivity contribution in [3.63, 3.8) is 0 Å². The molecule has 5 nitrogen and oxygen atoms in total. The Morgan fingerprint density at radius 2 is 1.90 bits per heavy atom. The van der Waals surface area contributed by atoms with Gasteiger partial charge in [-0.25, -0.2) is 0 Å². The van der Waals surface area contributed by atoms with Crippen molar-refractivity contribution in [1.29, 1.82) is 5.26 Å². The van der Waals surface area contributed by atoms with E-state index in [0.717, 1.165) is 11.3 Å². The lowest BCUT2D eigenvalue weighted by atomic mass is 10.2. The van der Waals surface area contributed by atoms with Gasteiger partial charge in [0.05, 0.1) is 24.8 Å². The summed E-state index contributed by atoms with van der Waals surface area (Å²) in [6, 6.07) is 16.0. The van der Waals surface area contributed by atoms with Gasteiger partial charge in [-0.2, -0.15) is 5.26 Å². The van der Waals surface area contributed by atoms with Crippen molar-refractivity contribution in [3.05, 3.63) is 59.7 Å². The lowest BCUT2D eigenvalue weighted by Gasteiger charge is -2.09. The molecule has 2 aromatic rings. The molecule has 0 unspecified atom stereocenters. The number of aliphatic hydroxyl groups is 1. The Balaban J connectivity index is 1.91. The Kier molecular flexibility index (Phi) is 4.91. The van der Waals surface area contributed by atoms with Gasteiger partial charge in [0.1, 0.15) is 0 Å². The molecule has 0 aliphatic rings. The van der Waals surface area contributed by atoms with Gasteiger partial charge in [-0.15, -0.1) is 0 Å². The second kappa shape index (κ2) is 7.08. The van der Waals surface area contributed by atoms with Crippen molar-refractivity contribution < 1.29 is 9.90 Å². The molecule has 0 aromatic heterocycles. The molecule has 0 atom stereocenters. The van der Waals surface area contributed by atoms with Crippen LogP contribution in [0.4, 0.5) is 11.4 Å². The SMILES string of the molecule is N#Cc1cccc(NC(=O)CNc2cccc(CO)c2)c1. The van der Waals surface area contributed by atoms with Gasteiger partial charge in [0.15, 0.2) is 0 Å². The van der Waals surface area contributed by atoms with Crippen LogP contribution in [0.25, 0.3) is 0 Å². The van der Waals surface area contributed by atoms with Crippen LogP contribution in [0.1, 0.15) is 11.1 Å². The molecule has 2 aromatic carbocycles. The number of nitriles is 1. The average Bonchev–Trinajstić information content (AvgIpc) is 2.53. The van der Waals surface area contributed by atoms with Crippen LogP contribution in [0.2, 0.25) is 0 Å². The van der Waals surface area contributed by atoms with Crippen molar-refractivity contribution >= 4 is 17.3 Å². The molecule has 0 aliphatic heterocycles. The summed E-state index contributed by atoms with van der Waals surface area (Å²) in [5, 5.41) is 23.5. The van der Waals surface area contributed by atoms with E-state index in [-0.39, 0.29) is 19.1 Å². The zero-order valence-electron chi connectivity index (χ0n) is 11.3. The first-order chi connectivity index (χ1) is 10.2. The first kappa shape index (κ1) is 14.6. The highest BCUT2D eigenvalue weighted by atomic mass is 16.3. The Morgan fingerprint density at radius 1 is 1.14 bits per heavy atom. The topological polar surface area (TPSA) is 85.2 Å². The molecule has 0 radical (unpaired) electrons. The minimum atomic E-state index is -0.209. The minimum absolute atomic E-state index is 0.0390. The number of benzene rings is 2. The van der Waals surface area contributed by atoms with Gasteiger partial charge in [0, 0.05) is 11.4 Å². The lowest BCUT2D eigenvalue weighted by Crippen LogP contribution is -2.21. The highest BCUT2D eigenvalue weighted by Gasteiger charge is 2.03. The number of nitrogens with one attached hydrogen (secondary N) is 2. The Bertz CT molecular complexity index is 677. The normalized spacial score (nSPS) is 9.71. The summed E-state index contributed by atoms with van der Waals surface area (Å²) in [6.07, 6.45) is 0. The van der Waals surface area contributed by atoms with E-state index in [1.165, 1.54) is 0 Å². The molecule has 106 valence electrons. The van der Waals surface area contributed by atoms with Crippen molar-refractivity contribution in [3.8, 4) is 6.07 Å². The van der Waals surface area contributed by atoms with Gasteiger partial charge in [0.2, 0.25) is 5.91 Å². The molecule has 1 amide bonds. The number of aliphatic hydroxyl groups excluding tert-OH is 1.